The van der Waals surface area contributed by atoms with Gasteiger partial charge in [-0.25, -0.2) is 0 Å². The van der Waals surface area contributed by atoms with Crippen molar-refractivity contribution in [3.63, 3.8) is 0 Å². The van der Waals surface area contributed by atoms with Crippen LogP contribution in [0.5, 0.6) is 0 Å². The fourth-order valence-corrected chi connectivity index (χ4v) is 1.02. The second kappa shape index (κ2) is 4.38. The monoisotopic (exact) mass is 116 g/mol. The van der Waals surface area contributed by atoms with Crippen LogP contribution in [-0.2, 0) is 0 Å². The summed E-state index contributed by atoms with van der Waals surface area (Å²) in [5.41, 5.74) is 1.04. The Labute approximate surface area is 49.7 Å². The minimum absolute atomic E-state index is 1.04. The maximum Gasteiger partial charge on any atom is 0.00637 e. The van der Waals surface area contributed by atoms with Gasteiger partial charge in [-0.1, -0.05) is 38.7 Å². The van der Waals surface area contributed by atoms with E-state index >= 15 is 0 Å². The molecule has 0 fully saturated rings. The number of hydrogen-bond acceptors (Lipinski definition) is 0. The van der Waals surface area contributed by atoms with E-state index in [0.29, 0.717) is 0 Å². The minimum atomic E-state index is 1.04. The molecule has 0 aliphatic rings. The molecule has 1 atom stereocenters. The maximum atomic E-state index is 2.34. The Morgan fingerprint density at radius 3 is 2.29 bits per heavy atom. The van der Waals surface area contributed by atoms with E-state index in [1.165, 1.54) is 29.5 Å². The van der Waals surface area contributed by atoms with E-state index in [0.717, 1.165) is 5.54 Å². The van der Waals surface area contributed by atoms with Crippen LogP contribution < -0.4 is 0 Å². The molecule has 0 rings (SSSR count). The molecule has 0 aliphatic carbocycles. The molecule has 0 saturated carbocycles. The van der Waals surface area contributed by atoms with Crippen LogP contribution >= 0.6 is 0 Å². The zero-order chi connectivity index (χ0) is 5.70. The van der Waals surface area contributed by atoms with Gasteiger partial charge in [0.2, 0.25) is 0 Å². The summed E-state index contributed by atoms with van der Waals surface area (Å²) in [6.07, 6.45) is 4.26. The summed E-state index contributed by atoms with van der Waals surface area (Å²) in [5.74, 6) is 0. The van der Waals surface area contributed by atoms with E-state index in [1.54, 1.807) is 0 Å². The van der Waals surface area contributed by atoms with Crippen molar-refractivity contribution in [2.45, 2.75) is 38.7 Å². The van der Waals surface area contributed by atoms with E-state index < -0.39 is 0 Å². The summed E-state index contributed by atoms with van der Waals surface area (Å²) in [6.45, 7) is 4.59. The molecule has 44 valence electrons. The van der Waals surface area contributed by atoms with Gasteiger partial charge in [0.25, 0.3) is 0 Å². The van der Waals surface area contributed by atoms with E-state index in [9.17, 15) is 0 Å². The summed E-state index contributed by atoms with van der Waals surface area (Å²) < 4.78 is 0. The Kier molecular flexibility index (Phi) is 4.51. The average molecular weight is 116 g/mol. The van der Waals surface area contributed by atoms with Crippen molar-refractivity contribution < 1.29 is 0 Å². The molecule has 7 heavy (non-hydrogen) atoms. The zero-order valence-electron chi connectivity index (χ0n) is 5.70. The molecule has 0 aromatic rings. The quantitative estimate of drug-likeness (QED) is 0.488. The lowest BCUT2D eigenvalue weighted by Crippen LogP contribution is -1.82. The SMILES string of the molecule is CCCCC(C)[SiH3]. The summed E-state index contributed by atoms with van der Waals surface area (Å²) >= 11 is 0. The molecule has 0 N–H and O–H groups in total. The lowest BCUT2D eigenvalue weighted by atomic mass is 10.2. The Morgan fingerprint density at radius 2 is 2.14 bits per heavy atom. The Hall–Kier alpha value is 0.217. The summed E-state index contributed by atoms with van der Waals surface area (Å²) in [5, 5.41) is 0. The third-order valence-electron chi connectivity index (χ3n) is 1.14. The highest BCUT2D eigenvalue weighted by atomic mass is 28.1. The Bertz CT molecular complexity index is 33.2. The molecule has 0 bridgehead atoms. The van der Waals surface area contributed by atoms with Crippen molar-refractivity contribution in [2.75, 3.05) is 0 Å². The van der Waals surface area contributed by atoms with Gasteiger partial charge in [-0.3, -0.25) is 0 Å². The lowest BCUT2D eigenvalue weighted by molar-refractivity contribution is 0.701. The molecule has 0 saturated heterocycles. The van der Waals surface area contributed by atoms with Crippen molar-refractivity contribution in [1.29, 1.82) is 0 Å². The number of unbranched alkanes of at least 4 members (excludes halogenated alkanes) is 1. The van der Waals surface area contributed by atoms with Crippen molar-refractivity contribution >= 4 is 10.2 Å². The van der Waals surface area contributed by atoms with Crippen LogP contribution in [0.4, 0.5) is 0 Å². The molecule has 0 amide bonds. The van der Waals surface area contributed by atoms with Crippen molar-refractivity contribution in [3.05, 3.63) is 0 Å². The van der Waals surface area contributed by atoms with Crippen molar-refractivity contribution in [3.8, 4) is 0 Å². The van der Waals surface area contributed by atoms with Crippen LogP contribution in [0.3, 0.4) is 0 Å². The van der Waals surface area contributed by atoms with Gasteiger partial charge in [-0.15, -0.1) is 0 Å². The molecule has 0 aromatic heterocycles. The Morgan fingerprint density at radius 1 is 1.57 bits per heavy atom. The third-order valence-corrected chi connectivity index (χ3v) is 1.71. The highest BCUT2D eigenvalue weighted by molar-refractivity contribution is 6.11. The first-order chi connectivity index (χ1) is 3.27. The predicted molar refractivity (Wildman–Crippen MR) is 38.9 cm³/mol. The first-order valence-corrected chi connectivity index (χ1v) is 4.42. The normalized spacial score (nSPS) is 14.6. The van der Waals surface area contributed by atoms with Crippen molar-refractivity contribution in [1.82, 2.24) is 0 Å². The van der Waals surface area contributed by atoms with Crippen LogP contribution in [0.1, 0.15) is 33.1 Å². The molecule has 0 aromatic carbocycles. The second-order valence-electron chi connectivity index (χ2n) is 2.54. The number of hydrogen-bond donors (Lipinski definition) is 0. The van der Waals surface area contributed by atoms with Gasteiger partial charge < -0.3 is 0 Å². The second-order valence-corrected chi connectivity index (χ2v) is 4.51. The molecule has 0 nitrogen and oxygen atoms in total. The summed E-state index contributed by atoms with van der Waals surface area (Å²) in [4.78, 5) is 0. The van der Waals surface area contributed by atoms with Gasteiger partial charge in [0.05, 0.1) is 0 Å². The van der Waals surface area contributed by atoms with E-state index in [4.69, 9.17) is 0 Å². The van der Waals surface area contributed by atoms with Crippen LogP contribution in [0.2, 0.25) is 5.54 Å². The van der Waals surface area contributed by atoms with Gasteiger partial charge in [0.15, 0.2) is 0 Å². The van der Waals surface area contributed by atoms with Crippen LogP contribution in [0, 0.1) is 0 Å². The smallest absolute Gasteiger partial charge is 0.00637 e. The highest BCUT2D eigenvalue weighted by Gasteiger charge is 1.88. The van der Waals surface area contributed by atoms with Crippen LogP contribution in [-0.4, -0.2) is 10.2 Å². The van der Waals surface area contributed by atoms with Crippen LogP contribution in [0.15, 0.2) is 0 Å². The van der Waals surface area contributed by atoms with Gasteiger partial charge in [-0.2, -0.15) is 0 Å². The van der Waals surface area contributed by atoms with E-state index in [-0.39, 0.29) is 0 Å². The average Bonchev–Trinajstić information content (AvgIpc) is 1.61. The first kappa shape index (κ1) is 7.22. The predicted octanol–water partition coefficient (Wildman–Crippen LogP) is 1.35. The van der Waals surface area contributed by atoms with Gasteiger partial charge in [0, 0.05) is 10.2 Å². The summed E-state index contributed by atoms with van der Waals surface area (Å²) in [6, 6.07) is 0. The fraction of sp³-hybridized carbons (Fsp3) is 1.00. The van der Waals surface area contributed by atoms with E-state index in [1.807, 2.05) is 0 Å². The molecular weight excluding hydrogens is 100 g/mol. The molecule has 0 spiro atoms. The van der Waals surface area contributed by atoms with Crippen LogP contribution in [0.25, 0.3) is 0 Å². The number of rotatable bonds is 3. The zero-order valence-corrected chi connectivity index (χ0v) is 7.70. The molecule has 0 heterocycles. The van der Waals surface area contributed by atoms with E-state index in [2.05, 4.69) is 13.8 Å². The minimum Gasteiger partial charge on any atom is -0.0658 e. The first-order valence-electron chi connectivity index (χ1n) is 3.27. The highest BCUT2D eigenvalue weighted by Crippen LogP contribution is 2.07. The largest absolute Gasteiger partial charge is 0.0658 e. The standard InChI is InChI=1S/C6H16Si/c1-3-4-5-6(2)7/h6H,3-5H2,1-2,7H3. The fourth-order valence-electron chi connectivity index (χ4n) is 0.612. The lowest BCUT2D eigenvalue weighted by Gasteiger charge is -1.98. The molecule has 0 aliphatic heterocycles. The maximum absolute atomic E-state index is 2.34. The molecule has 1 unspecified atom stereocenters. The Balaban J connectivity index is 2.68. The molecular formula is C6H16Si. The topological polar surface area (TPSA) is 0 Å². The van der Waals surface area contributed by atoms with Gasteiger partial charge in [-0.05, 0) is 0 Å². The van der Waals surface area contributed by atoms with Gasteiger partial charge in [0.1, 0.15) is 0 Å². The van der Waals surface area contributed by atoms with Gasteiger partial charge >= 0.3 is 0 Å². The van der Waals surface area contributed by atoms with Crippen molar-refractivity contribution in [2.24, 2.45) is 0 Å². The molecule has 1 heteroatoms. The third kappa shape index (κ3) is 6.22. The molecule has 0 radical (unpaired) electrons. The summed E-state index contributed by atoms with van der Waals surface area (Å²) in [7, 11) is 1.38.